The molecule has 1 N–H and O–H groups in total. The van der Waals surface area contributed by atoms with Crippen molar-refractivity contribution in [2.75, 3.05) is 19.6 Å². The van der Waals surface area contributed by atoms with E-state index in [1.54, 1.807) is 4.31 Å². The summed E-state index contributed by atoms with van der Waals surface area (Å²) in [5.74, 6) is 1.30. The number of para-hydroxylation sites is 1. The summed E-state index contributed by atoms with van der Waals surface area (Å²) in [5, 5.41) is 0. The van der Waals surface area contributed by atoms with Crippen LogP contribution < -0.4 is 9.46 Å². The average molecular weight is 310 g/mol. The van der Waals surface area contributed by atoms with Gasteiger partial charge in [-0.3, -0.25) is 0 Å². The van der Waals surface area contributed by atoms with Crippen molar-refractivity contribution in [2.45, 2.75) is 32.3 Å². The van der Waals surface area contributed by atoms with Crippen molar-refractivity contribution in [3.8, 4) is 5.75 Å². The van der Waals surface area contributed by atoms with Gasteiger partial charge >= 0.3 is 0 Å². The normalized spacial score (nSPS) is 26.3. The summed E-state index contributed by atoms with van der Waals surface area (Å²) < 4.78 is 34.7. The SMILES string of the molecule is C[C@H]1CCCN(S(=O)(=O)NC[C@H]2Cc3ccccc3O2)C1. The van der Waals surface area contributed by atoms with Crippen LogP contribution in [-0.2, 0) is 16.6 Å². The van der Waals surface area contributed by atoms with E-state index in [1.165, 1.54) is 0 Å². The standard InChI is InChI=1S/C15H22N2O3S/c1-12-5-4-8-17(11-12)21(18,19)16-10-14-9-13-6-2-3-7-15(13)20-14/h2-3,6-7,12,14,16H,4-5,8-11H2,1H3/t12-,14+/m0/s1. The van der Waals surface area contributed by atoms with Gasteiger partial charge in [-0.1, -0.05) is 25.1 Å². The number of ether oxygens (including phenoxy) is 1. The zero-order valence-electron chi connectivity index (χ0n) is 12.3. The zero-order chi connectivity index (χ0) is 14.9. The molecule has 1 aromatic rings. The first-order valence-electron chi connectivity index (χ1n) is 7.54. The van der Waals surface area contributed by atoms with E-state index in [1.807, 2.05) is 24.3 Å². The zero-order valence-corrected chi connectivity index (χ0v) is 13.1. The maximum absolute atomic E-state index is 12.3. The number of nitrogens with one attached hydrogen (secondary N) is 1. The summed E-state index contributed by atoms with van der Waals surface area (Å²) in [6.45, 7) is 3.65. The van der Waals surface area contributed by atoms with Crippen LogP contribution in [0.3, 0.4) is 0 Å². The molecule has 0 unspecified atom stereocenters. The second kappa shape index (κ2) is 5.94. The van der Waals surface area contributed by atoms with Crippen molar-refractivity contribution in [2.24, 2.45) is 5.92 Å². The molecular formula is C15H22N2O3S. The minimum Gasteiger partial charge on any atom is -0.488 e. The highest BCUT2D eigenvalue weighted by molar-refractivity contribution is 7.87. The van der Waals surface area contributed by atoms with Crippen LogP contribution in [0.15, 0.2) is 24.3 Å². The Morgan fingerprint density at radius 3 is 2.95 bits per heavy atom. The van der Waals surface area contributed by atoms with Gasteiger partial charge < -0.3 is 4.74 Å². The Morgan fingerprint density at radius 2 is 2.19 bits per heavy atom. The molecule has 0 bridgehead atoms. The Bertz CT molecular complexity index is 578. The van der Waals surface area contributed by atoms with Gasteiger partial charge in [-0.2, -0.15) is 17.4 Å². The lowest BCUT2D eigenvalue weighted by molar-refractivity contribution is 0.231. The van der Waals surface area contributed by atoms with Crippen LogP contribution in [-0.4, -0.2) is 38.5 Å². The van der Waals surface area contributed by atoms with Gasteiger partial charge in [0, 0.05) is 26.1 Å². The fourth-order valence-corrected chi connectivity index (χ4v) is 4.42. The average Bonchev–Trinajstić information content (AvgIpc) is 2.88. The first-order valence-corrected chi connectivity index (χ1v) is 8.98. The third-order valence-corrected chi connectivity index (χ3v) is 5.71. The molecule has 0 aliphatic carbocycles. The van der Waals surface area contributed by atoms with Gasteiger partial charge in [0.15, 0.2) is 0 Å². The molecule has 5 nitrogen and oxygen atoms in total. The molecule has 6 heteroatoms. The first kappa shape index (κ1) is 14.8. The van der Waals surface area contributed by atoms with Crippen molar-refractivity contribution in [1.82, 2.24) is 9.03 Å². The number of fused-ring (bicyclic) bond motifs is 1. The second-order valence-electron chi connectivity index (χ2n) is 6.01. The molecule has 2 heterocycles. The third-order valence-electron chi connectivity index (χ3n) is 4.17. The number of hydrogen-bond donors (Lipinski definition) is 1. The molecular weight excluding hydrogens is 288 g/mol. The maximum Gasteiger partial charge on any atom is 0.279 e. The van der Waals surface area contributed by atoms with E-state index in [0.29, 0.717) is 25.6 Å². The fourth-order valence-electron chi connectivity index (χ4n) is 3.02. The van der Waals surface area contributed by atoms with E-state index in [4.69, 9.17) is 4.74 Å². The van der Waals surface area contributed by atoms with Crippen molar-refractivity contribution in [3.63, 3.8) is 0 Å². The highest BCUT2D eigenvalue weighted by atomic mass is 32.2. The van der Waals surface area contributed by atoms with Gasteiger partial charge in [-0.05, 0) is 30.4 Å². The van der Waals surface area contributed by atoms with E-state index < -0.39 is 10.2 Å². The quantitative estimate of drug-likeness (QED) is 0.918. The van der Waals surface area contributed by atoms with Gasteiger partial charge in [0.25, 0.3) is 10.2 Å². The predicted molar refractivity (Wildman–Crippen MR) is 81.5 cm³/mol. The van der Waals surface area contributed by atoms with Gasteiger partial charge in [0.2, 0.25) is 0 Å². The van der Waals surface area contributed by atoms with E-state index in [-0.39, 0.29) is 6.10 Å². The van der Waals surface area contributed by atoms with Crippen molar-refractivity contribution < 1.29 is 13.2 Å². The smallest absolute Gasteiger partial charge is 0.279 e. The molecule has 116 valence electrons. The fraction of sp³-hybridized carbons (Fsp3) is 0.600. The highest BCUT2D eigenvalue weighted by Gasteiger charge is 2.29. The molecule has 1 aromatic carbocycles. The molecule has 21 heavy (non-hydrogen) atoms. The maximum atomic E-state index is 12.3. The predicted octanol–water partition coefficient (Wildman–Crippen LogP) is 1.56. The van der Waals surface area contributed by atoms with E-state index in [9.17, 15) is 8.42 Å². The van der Waals surface area contributed by atoms with Gasteiger partial charge in [0.05, 0.1) is 0 Å². The number of nitrogens with zero attached hydrogens (tertiary/aromatic N) is 1. The summed E-state index contributed by atoms with van der Waals surface area (Å²) in [5.41, 5.74) is 1.15. The lowest BCUT2D eigenvalue weighted by atomic mass is 10.0. The Hall–Kier alpha value is -1.11. The molecule has 0 radical (unpaired) electrons. The first-order chi connectivity index (χ1) is 10.0. The van der Waals surface area contributed by atoms with Crippen molar-refractivity contribution in [3.05, 3.63) is 29.8 Å². The molecule has 0 aromatic heterocycles. The van der Waals surface area contributed by atoms with E-state index in [2.05, 4.69) is 11.6 Å². The summed E-state index contributed by atoms with van der Waals surface area (Å²) in [7, 11) is -3.39. The number of piperidine rings is 1. The van der Waals surface area contributed by atoms with Gasteiger partial charge in [0.1, 0.15) is 11.9 Å². The van der Waals surface area contributed by atoms with E-state index >= 15 is 0 Å². The number of hydrogen-bond acceptors (Lipinski definition) is 3. The minimum atomic E-state index is -3.39. The molecule has 2 aliphatic heterocycles. The summed E-state index contributed by atoms with van der Waals surface area (Å²) in [6, 6.07) is 7.86. The summed E-state index contributed by atoms with van der Waals surface area (Å²) >= 11 is 0. The minimum absolute atomic E-state index is 0.112. The van der Waals surface area contributed by atoms with E-state index in [0.717, 1.165) is 30.6 Å². The molecule has 2 aliphatic rings. The Kier molecular flexibility index (Phi) is 4.19. The second-order valence-corrected chi connectivity index (χ2v) is 7.77. The molecule has 0 saturated carbocycles. The lowest BCUT2D eigenvalue weighted by Gasteiger charge is -2.30. The molecule has 0 amide bonds. The van der Waals surface area contributed by atoms with Gasteiger partial charge in [-0.15, -0.1) is 0 Å². The topological polar surface area (TPSA) is 58.6 Å². The molecule has 1 fully saturated rings. The molecule has 3 rings (SSSR count). The molecule has 2 atom stereocenters. The van der Waals surface area contributed by atoms with Crippen LogP contribution in [0.4, 0.5) is 0 Å². The van der Waals surface area contributed by atoms with Crippen LogP contribution in [0.25, 0.3) is 0 Å². The summed E-state index contributed by atoms with van der Waals surface area (Å²) in [4.78, 5) is 0. The Morgan fingerprint density at radius 1 is 1.38 bits per heavy atom. The third kappa shape index (κ3) is 3.39. The van der Waals surface area contributed by atoms with Crippen LogP contribution in [0.1, 0.15) is 25.3 Å². The van der Waals surface area contributed by atoms with Crippen molar-refractivity contribution in [1.29, 1.82) is 0 Å². The van der Waals surface area contributed by atoms with Crippen LogP contribution in [0, 0.1) is 5.92 Å². The van der Waals surface area contributed by atoms with Crippen molar-refractivity contribution >= 4 is 10.2 Å². The number of rotatable bonds is 4. The Balaban J connectivity index is 1.56. The Labute approximate surface area is 126 Å². The van der Waals surface area contributed by atoms with Gasteiger partial charge in [-0.25, -0.2) is 0 Å². The molecule has 0 spiro atoms. The molecule has 1 saturated heterocycles. The monoisotopic (exact) mass is 310 g/mol. The van der Waals surface area contributed by atoms with Crippen LogP contribution >= 0.6 is 0 Å². The highest BCUT2D eigenvalue weighted by Crippen LogP contribution is 2.28. The lowest BCUT2D eigenvalue weighted by Crippen LogP contribution is -2.47. The largest absolute Gasteiger partial charge is 0.488 e. The van der Waals surface area contributed by atoms with Crippen LogP contribution in [0.5, 0.6) is 5.75 Å². The van der Waals surface area contributed by atoms with Crippen LogP contribution in [0.2, 0.25) is 0 Å². The number of benzene rings is 1. The summed E-state index contributed by atoms with van der Waals surface area (Å²) in [6.07, 6.45) is 2.69.